The lowest BCUT2D eigenvalue weighted by atomic mass is 10.0. The maximum Gasteiger partial charge on any atom is 0.402 e. The highest BCUT2D eigenvalue weighted by Crippen LogP contribution is 2.14. The molecule has 5 N–H and O–H groups in total. The SMILES string of the molecule is CCC(C)(O)OS(=O)(=O)OC.CCCCCCCCCCCCCCCCO.N. The predicted molar refractivity (Wildman–Crippen MR) is 120 cm³/mol. The van der Waals surface area contributed by atoms with E-state index in [1.807, 2.05) is 0 Å². The van der Waals surface area contributed by atoms with Crippen molar-refractivity contribution < 1.29 is 27.0 Å². The molecule has 0 heterocycles. The molecule has 180 valence electrons. The first-order valence-corrected chi connectivity index (χ1v) is 12.4. The van der Waals surface area contributed by atoms with Gasteiger partial charge >= 0.3 is 10.4 Å². The zero-order valence-corrected chi connectivity index (χ0v) is 20.3. The Morgan fingerprint density at radius 2 is 1.10 bits per heavy atom. The minimum atomic E-state index is -4.04. The molecule has 7 nitrogen and oxygen atoms in total. The molecule has 1 unspecified atom stereocenters. The van der Waals surface area contributed by atoms with E-state index in [1.165, 1.54) is 90.4 Å². The number of rotatable bonds is 18. The molecule has 0 aromatic rings. The lowest BCUT2D eigenvalue weighted by Gasteiger charge is -2.19. The summed E-state index contributed by atoms with van der Waals surface area (Å²) in [5.74, 6) is -1.69. The van der Waals surface area contributed by atoms with Gasteiger partial charge in [-0.15, -0.1) is 0 Å². The molecule has 0 aromatic carbocycles. The third kappa shape index (κ3) is 27.8. The summed E-state index contributed by atoms with van der Waals surface area (Å²) in [5, 5.41) is 17.8. The topological polar surface area (TPSA) is 128 Å². The van der Waals surface area contributed by atoms with Crippen LogP contribution in [0.15, 0.2) is 0 Å². The Hall–Kier alpha value is -0.250. The quantitative estimate of drug-likeness (QED) is 0.185. The highest BCUT2D eigenvalue weighted by Gasteiger charge is 2.26. The maximum atomic E-state index is 10.6. The third-order valence-electron chi connectivity index (χ3n) is 4.65. The molecule has 0 saturated carbocycles. The minimum absolute atomic E-state index is 0. The second-order valence-corrected chi connectivity index (χ2v) is 8.82. The molecule has 8 heteroatoms. The van der Waals surface area contributed by atoms with Gasteiger partial charge in [0.15, 0.2) is 5.79 Å². The van der Waals surface area contributed by atoms with Crippen LogP contribution in [0.3, 0.4) is 0 Å². The molecule has 0 fully saturated rings. The summed E-state index contributed by atoms with van der Waals surface area (Å²) in [6.07, 6.45) is 19.4. The van der Waals surface area contributed by atoms with Gasteiger partial charge in [0.25, 0.3) is 0 Å². The Labute approximate surface area is 180 Å². The van der Waals surface area contributed by atoms with Crippen LogP contribution in [0.25, 0.3) is 0 Å². The summed E-state index contributed by atoms with van der Waals surface area (Å²) >= 11 is 0. The van der Waals surface area contributed by atoms with E-state index in [4.69, 9.17) is 10.2 Å². The average Bonchev–Trinajstić information content (AvgIpc) is 2.65. The minimum Gasteiger partial charge on any atom is -0.396 e. The van der Waals surface area contributed by atoms with Crippen molar-refractivity contribution in [2.24, 2.45) is 0 Å². The zero-order chi connectivity index (χ0) is 21.7. The second-order valence-electron chi connectivity index (χ2n) is 7.51. The fraction of sp³-hybridized carbons (Fsp3) is 1.00. The van der Waals surface area contributed by atoms with Crippen molar-refractivity contribution in [3.05, 3.63) is 0 Å². The van der Waals surface area contributed by atoms with E-state index in [0.29, 0.717) is 6.61 Å². The molecule has 0 radical (unpaired) electrons. The molecule has 0 aliphatic carbocycles. The maximum absolute atomic E-state index is 10.6. The Kier molecular flexibility index (Phi) is 25.8. The van der Waals surface area contributed by atoms with Crippen molar-refractivity contribution in [1.82, 2.24) is 6.15 Å². The van der Waals surface area contributed by atoms with E-state index in [2.05, 4.69) is 15.3 Å². The smallest absolute Gasteiger partial charge is 0.396 e. The van der Waals surface area contributed by atoms with Crippen molar-refractivity contribution in [1.29, 1.82) is 0 Å². The van der Waals surface area contributed by atoms with Gasteiger partial charge in [-0.25, -0.2) is 4.18 Å². The Morgan fingerprint density at radius 3 is 1.38 bits per heavy atom. The van der Waals surface area contributed by atoms with Crippen LogP contribution in [0.2, 0.25) is 0 Å². The first-order chi connectivity index (χ1) is 13.2. The molecular weight excluding hydrogens is 394 g/mol. The lowest BCUT2D eigenvalue weighted by molar-refractivity contribution is -0.125. The van der Waals surface area contributed by atoms with Gasteiger partial charge in [-0.1, -0.05) is 97.3 Å². The molecule has 0 aromatic heterocycles. The van der Waals surface area contributed by atoms with Crippen LogP contribution in [0, 0.1) is 0 Å². The van der Waals surface area contributed by atoms with Crippen LogP contribution < -0.4 is 6.15 Å². The highest BCUT2D eigenvalue weighted by atomic mass is 32.3. The van der Waals surface area contributed by atoms with Crippen molar-refractivity contribution in [3.63, 3.8) is 0 Å². The van der Waals surface area contributed by atoms with Gasteiger partial charge in [0.1, 0.15) is 0 Å². The van der Waals surface area contributed by atoms with Gasteiger partial charge in [0, 0.05) is 6.61 Å². The molecule has 1 atom stereocenters. The molecule has 0 saturated heterocycles. The molecular formula is C21H49NO6S. The van der Waals surface area contributed by atoms with Gasteiger partial charge in [-0.3, -0.25) is 4.18 Å². The first-order valence-electron chi connectivity index (χ1n) is 11.1. The van der Waals surface area contributed by atoms with E-state index in [9.17, 15) is 8.42 Å². The standard InChI is InChI=1S/C16H34O.C5H12O5S.H3N/c1-2-3-4-5-6-7-8-9-10-11-12-13-14-15-16-17;1-4-5(2,6)10-11(7,8)9-3;/h17H,2-16H2,1H3;6H,4H2,1-3H3;1H3. The van der Waals surface area contributed by atoms with Crippen molar-refractivity contribution in [2.75, 3.05) is 13.7 Å². The highest BCUT2D eigenvalue weighted by molar-refractivity contribution is 7.81. The van der Waals surface area contributed by atoms with Crippen molar-refractivity contribution in [2.45, 2.75) is 123 Å². The van der Waals surface area contributed by atoms with Crippen LogP contribution >= 0.6 is 0 Å². The molecule has 0 aliphatic heterocycles. The van der Waals surface area contributed by atoms with E-state index in [1.54, 1.807) is 6.92 Å². The van der Waals surface area contributed by atoms with Crippen LogP contribution in [0.4, 0.5) is 0 Å². The molecule has 0 amide bonds. The molecule has 0 spiro atoms. The van der Waals surface area contributed by atoms with Gasteiger partial charge < -0.3 is 16.4 Å². The number of hydrogen-bond acceptors (Lipinski definition) is 7. The van der Waals surface area contributed by atoms with Crippen molar-refractivity contribution in [3.8, 4) is 0 Å². The first kappa shape index (κ1) is 33.4. The lowest BCUT2D eigenvalue weighted by Crippen LogP contribution is -2.30. The van der Waals surface area contributed by atoms with Gasteiger partial charge in [-0.2, -0.15) is 8.42 Å². The molecule has 0 bridgehead atoms. The Bertz CT molecular complexity index is 401. The number of aliphatic hydroxyl groups excluding tert-OH is 1. The zero-order valence-electron chi connectivity index (χ0n) is 19.5. The summed E-state index contributed by atoms with van der Waals surface area (Å²) in [6, 6.07) is 0. The van der Waals surface area contributed by atoms with E-state index in [0.717, 1.165) is 13.5 Å². The summed E-state index contributed by atoms with van der Waals surface area (Å²) in [5.41, 5.74) is 0. The van der Waals surface area contributed by atoms with Gasteiger partial charge in [0.05, 0.1) is 7.11 Å². The van der Waals surface area contributed by atoms with Crippen LogP contribution in [0.5, 0.6) is 0 Å². The normalized spacial score (nSPS) is 13.2. The van der Waals surface area contributed by atoms with Gasteiger partial charge in [-0.05, 0) is 19.8 Å². The van der Waals surface area contributed by atoms with E-state index >= 15 is 0 Å². The van der Waals surface area contributed by atoms with E-state index in [-0.39, 0.29) is 12.6 Å². The number of hydrogen-bond donors (Lipinski definition) is 3. The third-order valence-corrected chi connectivity index (χ3v) is 5.62. The average molecular weight is 444 g/mol. The Morgan fingerprint density at radius 1 is 0.759 bits per heavy atom. The number of aliphatic hydroxyl groups is 2. The monoisotopic (exact) mass is 443 g/mol. The molecule has 0 aliphatic rings. The van der Waals surface area contributed by atoms with Gasteiger partial charge in [0.2, 0.25) is 0 Å². The summed E-state index contributed by atoms with van der Waals surface area (Å²) in [4.78, 5) is 0. The fourth-order valence-corrected chi connectivity index (χ4v) is 3.24. The molecule has 29 heavy (non-hydrogen) atoms. The van der Waals surface area contributed by atoms with Crippen LogP contribution in [-0.4, -0.2) is 38.1 Å². The predicted octanol–water partition coefficient (Wildman–Crippen LogP) is 5.63. The van der Waals surface area contributed by atoms with Crippen molar-refractivity contribution >= 4 is 10.4 Å². The fourth-order valence-electron chi connectivity index (χ4n) is 2.62. The van der Waals surface area contributed by atoms with E-state index < -0.39 is 16.2 Å². The summed E-state index contributed by atoms with van der Waals surface area (Å²) in [7, 11) is -3.08. The Balaban J connectivity index is -0.000000491. The largest absolute Gasteiger partial charge is 0.402 e. The second kappa shape index (κ2) is 22.4. The molecule has 0 rings (SSSR count). The van der Waals surface area contributed by atoms with Crippen LogP contribution in [0.1, 0.15) is 117 Å². The summed E-state index contributed by atoms with van der Waals surface area (Å²) < 4.78 is 29.3. The van der Waals surface area contributed by atoms with Crippen LogP contribution in [-0.2, 0) is 18.8 Å². The number of unbranched alkanes of at least 4 members (excludes halogenated alkanes) is 13. The summed E-state index contributed by atoms with van der Waals surface area (Å²) in [6.45, 7) is 5.48.